The van der Waals surface area contributed by atoms with E-state index in [1.165, 1.54) is 11.8 Å². The minimum Gasteiger partial charge on any atom is -0.480 e. The molecule has 0 aliphatic carbocycles. The summed E-state index contributed by atoms with van der Waals surface area (Å²) in [6.45, 7) is 0. The van der Waals surface area contributed by atoms with Gasteiger partial charge in [0.15, 0.2) is 0 Å². The molecule has 0 spiro atoms. The zero-order valence-corrected chi connectivity index (χ0v) is 13.1. The lowest BCUT2D eigenvalue weighted by atomic mass is 10.1. The number of carbonyl (C=O) groups is 1. The zero-order valence-electron chi connectivity index (χ0n) is 10.7. The molecule has 0 saturated heterocycles. The second-order valence-corrected chi connectivity index (χ2v) is 6.45. The van der Waals surface area contributed by atoms with E-state index in [0.29, 0.717) is 12.2 Å². The lowest BCUT2D eigenvalue weighted by Crippen LogP contribution is -2.19. The highest BCUT2D eigenvalue weighted by Gasteiger charge is 2.18. The van der Waals surface area contributed by atoms with E-state index in [0.717, 1.165) is 15.6 Å². The van der Waals surface area contributed by atoms with Crippen LogP contribution in [0.15, 0.2) is 53.3 Å². The van der Waals surface area contributed by atoms with E-state index in [1.54, 1.807) is 12.4 Å². The van der Waals surface area contributed by atoms with Crippen molar-refractivity contribution in [1.29, 1.82) is 0 Å². The quantitative estimate of drug-likeness (QED) is 0.860. The Bertz CT molecular complexity index is 577. The first-order chi connectivity index (χ1) is 9.65. The minimum atomic E-state index is -0.776. The highest BCUT2D eigenvalue weighted by atomic mass is 79.9. The molecule has 0 bridgehead atoms. The number of pyridine rings is 1. The molecular weight excluding hydrogens is 338 g/mol. The third-order valence-electron chi connectivity index (χ3n) is 2.75. The predicted molar refractivity (Wildman–Crippen MR) is 84.8 cm³/mol. The van der Waals surface area contributed by atoms with Gasteiger partial charge in [0, 0.05) is 22.6 Å². The maximum absolute atomic E-state index is 11.3. The lowest BCUT2D eigenvalue weighted by Gasteiger charge is -2.12. The van der Waals surface area contributed by atoms with Crippen molar-refractivity contribution in [3.63, 3.8) is 0 Å². The van der Waals surface area contributed by atoms with Crippen molar-refractivity contribution in [2.75, 3.05) is 0 Å². The van der Waals surface area contributed by atoms with Crippen molar-refractivity contribution in [3.05, 3.63) is 64.4 Å². The zero-order chi connectivity index (χ0) is 14.4. The summed E-state index contributed by atoms with van der Waals surface area (Å²) in [7, 11) is 0. The van der Waals surface area contributed by atoms with E-state index in [2.05, 4.69) is 20.9 Å². The molecule has 0 fully saturated rings. The maximum atomic E-state index is 11.3. The molecule has 1 unspecified atom stereocenters. The number of hydrogen-bond donors (Lipinski definition) is 1. The summed E-state index contributed by atoms with van der Waals surface area (Å²) in [5, 5.41) is 8.87. The highest BCUT2D eigenvalue weighted by Crippen LogP contribution is 2.22. The van der Waals surface area contributed by atoms with Gasteiger partial charge in [-0.2, -0.15) is 0 Å². The van der Waals surface area contributed by atoms with Crippen molar-refractivity contribution in [2.24, 2.45) is 0 Å². The molecule has 0 aliphatic heterocycles. The van der Waals surface area contributed by atoms with Crippen molar-refractivity contribution in [3.8, 4) is 0 Å². The fourth-order valence-corrected chi connectivity index (χ4v) is 3.19. The van der Waals surface area contributed by atoms with Crippen LogP contribution < -0.4 is 0 Å². The topological polar surface area (TPSA) is 50.2 Å². The number of rotatable bonds is 6. The van der Waals surface area contributed by atoms with Crippen LogP contribution in [0.25, 0.3) is 0 Å². The molecule has 104 valence electrons. The van der Waals surface area contributed by atoms with Gasteiger partial charge in [0.2, 0.25) is 0 Å². The van der Waals surface area contributed by atoms with Crippen LogP contribution in [0.2, 0.25) is 0 Å². The van der Waals surface area contributed by atoms with E-state index in [-0.39, 0.29) is 0 Å². The standard InChI is InChI=1S/C15H14BrNO2S/c16-13-6-12(8-17-9-13)10-20-14(15(18)19)7-11-4-2-1-3-5-11/h1-6,8-9,14H,7,10H2,(H,18,19). The third-order valence-corrected chi connectivity index (χ3v) is 4.46. The number of halogens is 1. The summed E-state index contributed by atoms with van der Waals surface area (Å²) in [4.78, 5) is 15.4. The Morgan fingerprint density at radius 3 is 2.65 bits per heavy atom. The summed E-state index contributed by atoms with van der Waals surface area (Å²) in [5.41, 5.74) is 2.06. The van der Waals surface area contributed by atoms with Gasteiger partial charge in [-0.25, -0.2) is 0 Å². The van der Waals surface area contributed by atoms with Crippen LogP contribution in [-0.4, -0.2) is 21.3 Å². The molecule has 0 saturated carbocycles. The van der Waals surface area contributed by atoms with Gasteiger partial charge in [0.1, 0.15) is 5.25 Å². The van der Waals surface area contributed by atoms with Crippen molar-refractivity contribution in [2.45, 2.75) is 17.4 Å². The number of benzene rings is 1. The number of aromatic nitrogens is 1. The Labute approximate surface area is 130 Å². The summed E-state index contributed by atoms with van der Waals surface area (Å²) in [5.74, 6) is -0.141. The summed E-state index contributed by atoms with van der Waals surface area (Å²) in [6, 6.07) is 11.7. The molecule has 1 aromatic heterocycles. The van der Waals surface area contributed by atoms with Crippen LogP contribution in [0.4, 0.5) is 0 Å². The Balaban J connectivity index is 1.98. The van der Waals surface area contributed by atoms with E-state index >= 15 is 0 Å². The first-order valence-electron chi connectivity index (χ1n) is 6.13. The van der Waals surface area contributed by atoms with Crippen molar-refractivity contribution >= 4 is 33.7 Å². The van der Waals surface area contributed by atoms with Crippen LogP contribution in [0.1, 0.15) is 11.1 Å². The van der Waals surface area contributed by atoms with E-state index in [4.69, 9.17) is 0 Å². The number of aliphatic carboxylic acids is 1. The Morgan fingerprint density at radius 1 is 1.25 bits per heavy atom. The second kappa shape index (κ2) is 7.45. The fraction of sp³-hybridized carbons (Fsp3) is 0.200. The van der Waals surface area contributed by atoms with Crippen LogP contribution in [-0.2, 0) is 17.0 Å². The summed E-state index contributed by atoms with van der Waals surface area (Å²) < 4.78 is 0.908. The molecule has 1 aromatic carbocycles. The van der Waals surface area contributed by atoms with Crippen LogP contribution in [0.5, 0.6) is 0 Å². The number of carboxylic acid groups (broad SMARTS) is 1. The van der Waals surface area contributed by atoms with Gasteiger partial charge in [0.25, 0.3) is 0 Å². The van der Waals surface area contributed by atoms with E-state index in [9.17, 15) is 9.90 Å². The van der Waals surface area contributed by atoms with Crippen LogP contribution >= 0.6 is 27.7 Å². The van der Waals surface area contributed by atoms with Gasteiger partial charge < -0.3 is 5.11 Å². The molecule has 2 rings (SSSR count). The Morgan fingerprint density at radius 2 is 2.00 bits per heavy atom. The molecule has 0 radical (unpaired) electrons. The number of hydrogen-bond acceptors (Lipinski definition) is 3. The molecule has 20 heavy (non-hydrogen) atoms. The first-order valence-corrected chi connectivity index (χ1v) is 7.97. The summed E-state index contributed by atoms with van der Waals surface area (Å²) in [6.07, 6.45) is 4.01. The molecule has 0 amide bonds. The van der Waals surface area contributed by atoms with Gasteiger partial charge in [-0.05, 0) is 39.5 Å². The van der Waals surface area contributed by atoms with Crippen LogP contribution in [0.3, 0.4) is 0 Å². The molecule has 1 atom stereocenters. The largest absolute Gasteiger partial charge is 0.480 e. The second-order valence-electron chi connectivity index (χ2n) is 4.34. The van der Waals surface area contributed by atoms with Gasteiger partial charge in [-0.3, -0.25) is 9.78 Å². The maximum Gasteiger partial charge on any atom is 0.316 e. The monoisotopic (exact) mass is 351 g/mol. The average molecular weight is 352 g/mol. The molecule has 3 nitrogen and oxygen atoms in total. The summed E-state index contributed by atoms with van der Waals surface area (Å²) >= 11 is 4.79. The number of nitrogens with zero attached hydrogens (tertiary/aromatic N) is 1. The van der Waals surface area contributed by atoms with E-state index < -0.39 is 11.2 Å². The smallest absolute Gasteiger partial charge is 0.316 e. The minimum absolute atomic E-state index is 0.448. The Hall–Kier alpha value is -1.33. The van der Waals surface area contributed by atoms with Crippen molar-refractivity contribution < 1.29 is 9.90 Å². The van der Waals surface area contributed by atoms with Gasteiger partial charge in [0.05, 0.1) is 0 Å². The molecule has 1 N–H and O–H groups in total. The van der Waals surface area contributed by atoms with Gasteiger partial charge in [-0.1, -0.05) is 30.3 Å². The Kier molecular flexibility index (Phi) is 5.61. The molecular formula is C15H14BrNO2S. The van der Waals surface area contributed by atoms with Gasteiger partial charge in [-0.15, -0.1) is 11.8 Å². The third kappa shape index (κ3) is 4.65. The lowest BCUT2D eigenvalue weighted by molar-refractivity contribution is -0.136. The molecule has 2 aromatic rings. The average Bonchev–Trinajstić information content (AvgIpc) is 2.44. The SMILES string of the molecule is O=C(O)C(Cc1ccccc1)SCc1cncc(Br)c1. The molecule has 5 heteroatoms. The fourth-order valence-electron chi connectivity index (χ4n) is 1.78. The van der Waals surface area contributed by atoms with Gasteiger partial charge >= 0.3 is 5.97 Å². The molecule has 1 heterocycles. The molecule has 0 aliphatic rings. The number of thioether (sulfide) groups is 1. The normalized spacial score (nSPS) is 12.1. The number of carboxylic acids is 1. The first kappa shape index (κ1) is 15.1. The van der Waals surface area contributed by atoms with E-state index in [1.807, 2.05) is 36.4 Å². The predicted octanol–water partition coefficient (Wildman–Crippen LogP) is 3.77. The van der Waals surface area contributed by atoms with Crippen molar-refractivity contribution in [1.82, 2.24) is 4.98 Å². The highest BCUT2D eigenvalue weighted by molar-refractivity contribution is 9.10. The van der Waals surface area contributed by atoms with Crippen LogP contribution in [0, 0.1) is 0 Å².